The van der Waals surface area contributed by atoms with Crippen LogP contribution >= 0.6 is 0 Å². The van der Waals surface area contributed by atoms with Gasteiger partial charge in [0, 0.05) is 13.1 Å². The highest BCUT2D eigenvalue weighted by atomic mass is 19.1. The van der Waals surface area contributed by atoms with E-state index in [0.717, 1.165) is 12.7 Å². The molecule has 1 aromatic heterocycles. The van der Waals surface area contributed by atoms with Crippen molar-refractivity contribution >= 4 is 11.8 Å². The Morgan fingerprint density at radius 2 is 2.22 bits per heavy atom. The van der Waals surface area contributed by atoms with Gasteiger partial charge in [-0.2, -0.15) is 0 Å². The number of pyridine rings is 1. The maximum Gasteiger partial charge on any atom is 0.320 e. The van der Waals surface area contributed by atoms with Gasteiger partial charge in [0.1, 0.15) is 11.6 Å². The molecule has 6 heteroatoms. The molecule has 0 saturated carbocycles. The molecular weight excluding hydrogens is 235 g/mol. The predicted molar refractivity (Wildman–Crippen MR) is 68.9 cm³/mol. The summed E-state index contributed by atoms with van der Waals surface area (Å²) in [6.07, 6.45) is 1.06. The molecular formula is C12H19FN4O. The van der Waals surface area contributed by atoms with Gasteiger partial charge in [0.05, 0.1) is 6.20 Å². The van der Waals surface area contributed by atoms with E-state index in [4.69, 9.17) is 0 Å². The summed E-state index contributed by atoms with van der Waals surface area (Å²) in [4.78, 5) is 17.3. The fourth-order valence-corrected chi connectivity index (χ4v) is 1.57. The molecule has 1 unspecified atom stereocenters. The Balaban J connectivity index is 2.31. The van der Waals surface area contributed by atoms with Crippen molar-refractivity contribution in [3.63, 3.8) is 0 Å². The molecule has 0 aliphatic heterocycles. The van der Waals surface area contributed by atoms with E-state index in [0.29, 0.717) is 18.3 Å². The van der Waals surface area contributed by atoms with E-state index in [1.807, 2.05) is 14.1 Å². The molecule has 100 valence electrons. The second-order valence-corrected chi connectivity index (χ2v) is 4.56. The minimum absolute atomic E-state index is 0.328. The number of urea groups is 1. The Morgan fingerprint density at radius 1 is 1.50 bits per heavy atom. The average molecular weight is 254 g/mol. The molecule has 0 aromatic carbocycles. The number of hydrogen-bond acceptors (Lipinski definition) is 3. The first-order valence-electron chi connectivity index (χ1n) is 5.78. The van der Waals surface area contributed by atoms with Gasteiger partial charge in [-0.25, -0.2) is 14.2 Å². The fraction of sp³-hybridized carbons (Fsp3) is 0.500. The molecule has 0 aliphatic carbocycles. The molecule has 1 atom stereocenters. The Kier molecular flexibility index (Phi) is 5.51. The summed E-state index contributed by atoms with van der Waals surface area (Å²) in [5, 5.41) is 5.28. The van der Waals surface area contributed by atoms with Crippen molar-refractivity contribution in [2.45, 2.75) is 6.92 Å². The number of amides is 2. The summed E-state index contributed by atoms with van der Waals surface area (Å²) in [6.45, 7) is 3.52. The molecule has 0 spiro atoms. The monoisotopic (exact) mass is 254 g/mol. The predicted octanol–water partition coefficient (Wildman–Crippen LogP) is 1.54. The minimum atomic E-state index is -0.430. The number of hydrogen-bond donors (Lipinski definition) is 2. The van der Waals surface area contributed by atoms with Gasteiger partial charge < -0.3 is 10.2 Å². The van der Waals surface area contributed by atoms with Gasteiger partial charge in [0.15, 0.2) is 0 Å². The molecule has 1 aromatic rings. The lowest BCUT2D eigenvalue weighted by molar-refractivity contribution is 0.248. The van der Waals surface area contributed by atoms with E-state index in [1.54, 1.807) is 0 Å². The SMILES string of the molecule is CC(CNC(=O)Nc1ccc(F)cn1)CN(C)C. The van der Waals surface area contributed by atoms with Crippen LogP contribution < -0.4 is 10.6 Å². The maximum absolute atomic E-state index is 12.6. The molecule has 2 amide bonds. The minimum Gasteiger partial charge on any atom is -0.338 e. The van der Waals surface area contributed by atoms with E-state index in [1.165, 1.54) is 12.1 Å². The summed E-state index contributed by atoms with van der Waals surface area (Å²) in [5.74, 6) is 0.252. The number of aromatic nitrogens is 1. The van der Waals surface area contributed by atoms with Crippen LogP contribution in [0.1, 0.15) is 6.92 Å². The zero-order chi connectivity index (χ0) is 13.5. The van der Waals surface area contributed by atoms with Crippen molar-refractivity contribution < 1.29 is 9.18 Å². The average Bonchev–Trinajstić information content (AvgIpc) is 2.29. The van der Waals surface area contributed by atoms with E-state index < -0.39 is 5.82 Å². The van der Waals surface area contributed by atoms with Gasteiger partial charge in [0.25, 0.3) is 0 Å². The molecule has 0 aliphatic rings. The lowest BCUT2D eigenvalue weighted by atomic mass is 10.2. The van der Waals surface area contributed by atoms with Crippen molar-refractivity contribution in [1.82, 2.24) is 15.2 Å². The van der Waals surface area contributed by atoms with Crippen molar-refractivity contribution in [2.75, 3.05) is 32.5 Å². The van der Waals surface area contributed by atoms with Gasteiger partial charge in [0.2, 0.25) is 0 Å². The highest BCUT2D eigenvalue weighted by Crippen LogP contribution is 2.03. The van der Waals surface area contributed by atoms with Gasteiger partial charge in [-0.1, -0.05) is 6.92 Å². The van der Waals surface area contributed by atoms with Gasteiger partial charge in [-0.3, -0.25) is 5.32 Å². The molecule has 0 radical (unpaired) electrons. The molecule has 0 fully saturated rings. The third kappa shape index (κ3) is 5.58. The Hall–Kier alpha value is -1.69. The van der Waals surface area contributed by atoms with Gasteiger partial charge in [-0.15, -0.1) is 0 Å². The topological polar surface area (TPSA) is 57.3 Å². The quantitative estimate of drug-likeness (QED) is 0.838. The van der Waals surface area contributed by atoms with Crippen molar-refractivity contribution in [3.05, 3.63) is 24.1 Å². The Labute approximate surface area is 106 Å². The van der Waals surface area contributed by atoms with Crippen LogP contribution in [-0.4, -0.2) is 43.1 Å². The smallest absolute Gasteiger partial charge is 0.320 e. The maximum atomic E-state index is 12.6. The lowest BCUT2D eigenvalue weighted by Gasteiger charge is -2.17. The van der Waals surface area contributed by atoms with E-state index in [-0.39, 0.29) is 6.03 Å². The van der Waals surface area contributed by atoms with Gasteiger partial charge >= 0.3 is 6.03 Å². The van der Waals surface area contributed by atoms with Crippen molar-refractivity contribution in [2.24, 2.45) is 5.92 Å². The molecule has 1 rings (SSSR count). The van der Waals surface area contributed by atoms with E-state index in [9.17, 15) is 9.18 Å². The van der Waals surface area contributed by atoms with Crippen LogP contribution in [0.3, 0.4) is 0 Å². The Bertz CT molecular complexity index is 380. The number of anilines is 1. The fourth-order valence-electron chi connectivity index (χ4n) is 1.57. The van der Waals surface area contributed by atoms with Crippen molar-refractivity contribution in [1.29, 1.82) is 0 Å². The van der Waals surface area contributed by atoms with Crippen LogP contribution in [0.4, 0.5) is 15.0 Å². The van der Waals surface area contributed by atoms with Crippen LogP contribution in [-0.2, 0) is 0 Å². The third-order valence-corrected chi connectivity index (χ3v) is 2.26. The van der Waals surface area contributed by atoms with Crippen LogP contribution in [0, 0.1) is 11.7 Å². The first kappa shape index (κ1) is 14.4. The number of halogens is 1. The van der Waals surface area contributed by atoms with Crippen molar-refractivity contribution in [3.8, 4) is 0 Å². The molecule has 0 saturated heterocycles. The molecule has 0 bridgehead atoms. The zero-order valence-electron chi connectivity index (χ0n) is 10.9. The first-order chi connectivity index (χ1) is 8.47. The second-order valence-electron chi connectivity index (χ2n) is 4.56. The third-order valence-electron chi connectivity index (χ3n) is 2.26. The number of carbonyl (C=O) groups excluding carboxylic acids is 1. The number of nitrogens with zero attached hydrogens (tertiary/aromatic N) is 2. The number of carbonyl (C=O) groups is 1. The normalized spacial score (nSPS) is 12.3. The Morgan fingerprint density at radius 3 is 2.78 bits per heavy atom. The highest BCUT2D eigenvalue weighted by molar-refractivity contribution is 5.88. The number of nitrogens with one attached hydrogen (secondary N) is 2. The standard InChI is InChI=1S/C12H19FN4O/c1-9(8-17(2)3)6-15-12(18)16-11-5-4-10(13)7-14-11/h4-5,7,9H,6,8H2,1-3H3,(H2,14,15,16,18). The van der Waals surface area contributed by atoms with Crippen LogP contribution in [0.2, 0.25) is 0 Å². The van der Waals surface area contributed by atoms with Crippen LogP contribution in [0.25, 0.3) is 0 Å². The summed E-state index contributed by atoms with van der Waals surface area (Å²) in [6, 6.07) is 2.33. The molecule has 18 heavy (non-hydrogen) atoms. The van der Waals surface area contributed by atoms with Gasteiger partial charge in [-0.05, 0) is 32.1 Å². The van der Waals surface area contributed by atoms with Crippen LogP contribution in [0.15, 0.2) is 18.3 Å². The summed E-state index contributed by atoms with van der Waals surface area (Å²) < 4.78 is 12.6. The zero-order valence-corrected chi connectivity index (χ0v) is 10.9. The molecule has 2 N–H and O–H groups in total. The lowest BCUT2D eigenvalue weighted by Crippen LogP contribution is -2.35. The van der Waals surface area contributed by atoms with E-state index >= 15 is 0 Å². The summed E-state index contributed by atoms with van der Waals surface area (Å²) in [5.41, 5.74) is 0. The highest BCUT2D eigenvalue weighted by Gasteiger charge is 2.07. The first-order valence-corrected chi connectivity index (χ1v) is 5.78. The summed E-state index contributed by atoms with van der Waals surface area (Å²) in [7, 11) is 3.97. The van der Waals surface area contributed by atoms with E-state index in [2.05, 4.69) is 27.4 Å². The molecule has 1 heterocycles. The molecule has 5 nitrogen and oxygen atoms in total. The van der Waals surface area contributed by atoms with Crippen LogP contribution in [0.5, 0.6) is 0 Å². The second kappa shape index (κ2) is 6.90. The largest absolute Gasteiger partial charge is 0.338 e. The number of rotatable bonds is 5. The summed E-state index contributed by atoms with van der Waals surface area (Å²) >= 11 is 0.